The maximum atomic E-state index is 14.3. The molecule has 2 fully saturated rings. The van der Waals surface area contributed by atoms with Crippen molar-refractivity contribution >= 4 is 33.4 Å². The standard InChI is InChI=1S/C31H33N5O5S2/c37-30(35-17-16-33(31(38)39)20-26(35)19-23-9-3-1-4-10-23)28-29(24-11-5-2-6-12-24)36(22-32-28)25-13-7-15-34(21-25)43(40,41)27-14-8-18-42-27/h1-6,8-12,14,18,22,25-26H,7,13,15-17,19-21H2,(H,38,39)/t25?,26-/m1/s1. The van der Waals surface area contributed by atoms with Crippen LogP contribution >= 0.6 is 11.3 Å². The third-order valence-corrected chi connectivity index (χ3v) is 11.5. The second kappa shape index (κ2) is 12.3. The molecule has 2 saturated heterocycles. The van der Waals surface area contributed by atoms with Crippen LogP contribution in [0.1, 0.15) is 34.9 Å². The lowest BCUT2D eigenvalue weighted by Gasteiger charge is -2.40. The molecule has 0 radical (unpaired) electrons. The van der Waals surface area contributed by atoms with Gasteiger partial charge in [-0.15, -0.1) is 11.3 Å². The summed E-state index contributed by atoms with van der Waals surface area (Å²) in [7, 11) is -3.62. The Hall–Kier alpha value is -4.00. The van der Waals surface area contributed by atoms with Gasteiger partial charge in [-0.25, -0.2) is 18.2 Å². The lowest BCUT2D eigenvalue weighted by atomic mass is 10.0. The Labute approximate surface area is 254 Å². The fourth-order valence-electron chi connectivity index (χ4n) is 6.07. The molecule has 2 aliphatic heterocycles. The number of carboxylic acid groups (broad SMARTS) is 1. The third kappa shape index (κ3) is 5.95. The average Bonchev–Trinajstić information content (AvgIpc) is 3.74. The minimum absolute atomic E-state index is 0.204. The number of aromatic nitrogens is 2. The summed E-state index contributed by atoms with van der Waals surface area (Å²) >= 11 is 1.21. The second-order valence-corrected chi connectivity index (χ2v) is 14.0. The molecule has 43 heavy (non-hydrogen) atoms. The molecule has 2 aromatic heterocycles. The zero-order valence-corrected chi connectivity index (χ0v) is 25.2. The molecule has 1 unspecified atom stereocenters. The summed E-state index contributed by atoms with van der Waals surface area (Å²) < 4.78 is 30.5. The fourth-order valence-corrected chi connectivity index (χ4v) is 8.73. The first-order valence-corrected chi connectivity index (χ1v) is 16.6. The van der Waals surface area contributed by atoms with Crippen molar-refractivity contribution in [3.63, 3.8) is 0 Å². The minimum Gasteiger partial charge on any atom is -0.465 e. The van der Waals surface area contributed by atoms with Gasteiger partial charge in [0.1, 0.15) is 4.21 Å². The molecule has 0 aliphatic carbocycles. The van der Waals surface area contributed by atoms with Gasteiger partial charge in [-0.1, -0.05) is 66.7 Å². The molecule has 0 bridgehead atoms. The topological polar surface area (TPSA) is 116 Å². The van der Waals surface area contributed by atoms with Crippen molar-refractivity contribution in [3.8, 4) is 11.3 Å². The van der Waals surface area contributed by atoms with Crippen LogP contribution in [0.15, 0.2) is 88.7 Å². The molecule has 1 N–H and O–H groups in total. The van der Waals surface area contributed by atoms with Crippen molar-refractivity contribution in [2.24, 2.45) is 0 Å². The smallest absolute Gasteiger partial charge is 0.407 e. The number of rotatable bonds is 7. The summed E-state index contributed by atoms with van der Waals surface area (Å²) in [6.45, 7) is 1.38. The second-order valence-electron chi connectivity index (χ2n) is 10.9. The minimum atomic E-state index is -3.62. The quantitative estimate of drug-likeness (QED) is 0.321. The monoisotopic (exact) mass is 619 g/mol. The van der Waals surface area contributed by atoms with E-state index in [1.165, 1.54) is 20.5 Å². The number of nitrogens with zero attached hydrogens (tertiary/aromatic N) is 5. The van der Waals surface area contributed by atoms with E-state index in [1.54, 1.807) is 28.7 Å². The highest BCUT2D eigenvalue weighted by atomic mass is 32.2. The SMILES string of the molecule is O=C(O)N1CCN(C(=O)c2ncn(C3CCCN(S(=O)(=O)c4cccs4)C3)c2-c2ccccc2)[C@H](Cc2ccccc2)C1. The van der Waals surface area contributed by atoms with E-state index >= 15 is 0 Å². The fraction of sp³-hybridized carbons (Fsp3) is 0.323. The first-order chi connectivity index (χ1) is 20.8. The molecule has 6 rings (SSSR count). The predicted octanol–water partition coefficient (Wildman–Crippen LogP) is 4.68. The van der Waals surface area contributed by atoms with E-state index in [4.69, 9.17) is 0 Å². The molecule has 2 atom stereocenters. The van der Waals surface area contributed by atoms with Crippen LogP contribution in [0.5, 0.6) is 0 Å². The van der Waals surface area contributed by atoms with E-state index in [9.17, 15) is 23.1 Å². The van der Waals surface area contributed by atoms with Crippen LogP contribution in [0.3, 0.4) is 0 Å². The van der Waals surface area contributed by atoms with Crippen LogP contribution in [-0.2, 0) is 16.4 Å². The number of hydrogen-bond donors (Lipinski definition) is 1. The van der Waals surface area contributed by atoms with Crippen molar-refractivity contribution in [2.75, 3.05) is 32.7 Å². The Morgan fingerprint density at radius 3 is 2.37 bits per heavy atom. The Bertz CT molecular complexity index is 1680. The zero-order chi connectivity index (χ0) is 30.0. The van der Waals surface area contributed by atoms with Crippen LogP contribution in [0.4, 0.5) is 4.79 Å². The molecule has 2 aliphatic rings. The van der Waals surface area contributed by atoms with E-state index in [0.717, 1.165) is 17.5 Å². The molecule has 4 aromatic rings. The van der Waals surface area contributed by atoms with Gasteiger partial charge in [-0.2, -0.15) is 4.31 Å². The van der Waals surface area contributed by atoms with Crippen LogP contribution in [0.25, 0.3) is 11.3 Å². The Morgan fingerprint density at radius 2 is 1.67 bits per heavy atom. The summed E-state index contributed by atoms with van der Waals surface area (Å²) in [5.41, 5.74) is 2.75. The maximum absolute atomic E-state index is 14.3. The van der Waals surface area contributed by atoms with Gasteiger partial charge in [0, 0.05) is 44.3 Å². The maximum Gasteiger partial charge on any atom is 0.407 e. The van der Waals surface area contributed by atoms with E-state index in [0.29, 0.717) is 29.3 Å². The molecule has 0 spiro atoms. The number of carbonyl (C=O) groups is 2. The van der Waals surface area contributed by atoms with Gasteiger partial charge in [0.2, 0.25) is 0 Å². The van der Waals surface area contributed by atoms with Crippen molar-refractivity contribution in [2.45, 2.75) is 35.6 Å². The highest BCUT2D eigenvalue weighted by Gasteiger charge is 2.37. The van der Waals surface area contributed by atoms with Gasteiger partial charge in [0.05, 0.1) is 18.1 Å². The summed E-state index contributed by atoms with van der Waals surface area (Å²) in [5.74, 6) is -0.262. The van der Waals surface area contributed by atoms with Gasteiger partial charge in [0.25, 0.3) is 15.9 Å². The van der Waals surface area contributed by atoms with Crippen LogP contribution < -0.4 is 0 Å². The molecule has 12 heteroatoms. The normalized spacial score (nSPS) is 19.8. The largest absolute Gasteiger partial charge is 0.465 e. The Kier molecular flexibility index (Phi) is 8.33. The Balaban J connectivity index is 1.34. The number of imidazole rings is 1. The molecule has 4 heterocycles. The van der Waals surface area contributed by atoms with Gasteiger partial charge < -0.3 is 19.5 Å². The zero-order valence-electron chi connectivity index (χ0n) is 23.5. The first-order valence-electron chi connectivity index (χ1n) is 14.3. The Morgan fingerprint density at radius 1 is 0.930 bits per heavy atom. The highest BCUT2D eigenvalue weighted by Crippen LogP contribution is 2.34. The molecule has 0 saturated carbocycles. The van der Waals surface area contributed by atoms with Crippen molar-refractivity contribution in [1.29, 1.82) is 0 Å². The highest BCUT2D eigenvalue weighted by molar-refractivity contribution is 7.91. The third-order valence-electron chi connectivity index (χ3n) is 8.21. The summed E-state index contributed by atoms with van der Waals surface area (Å²) in [4.78, 5) is 33.9. The van der Waals surface area contributed by atoms with Crippen LogP contribution in [0.2, 0.25) is 0 Å². The number of amides is 2. The predicted molar refractivity (Wildman–Crippen MR) is 164 cm³/mol. The van der Waals surface area contributed by atoms with Crippen molar-refractivity contribution in [3.05, 3.63) is 95.8 Å². The van der Waals surface area contributed by atoms with Gasteiger partial charge in [-0.3, -0.25) is 4.79 Å². The average molecular weight is 620 g/mol. The van der Waals surface area contributed by atoms with Crippen LogP contribution in [-0.4, -0.2) is 87.9 Å². The number of hydrogen-bond acceptors (Lipinski definition) is 6. The number of piperazine rings is 1. The summed E-state index contributed by atoms with van der Waals surface area (Å²) in [6.07, 6.45) is 2.59. The number of thiophene rings is 1. The first kappa shape index (κ1) is 29.1. The lowest BCUT2D eigenvalue weighted by molar-refractivity contribution is 0.0447. The molecular weight excluding hydrogens is 587 g/mol. The summed E-state index contributed by atoms with van der Waals surface area (Å²) in [6, 6.07) is 22.1. The van der Waals surface area contributed by atoms with E-state index in [1.807, 2.05) is 65.2 Å². The van der Waals surface area contributed by atoms with Crippen LogP contribution in [0, 0.1) is 0 Å². The molecule has 224 valence electrons. The summed E-state index contributed by atoms with van der Waals surface area (Å²) in [5, 5.41) is 11.5. The van der Waals surface area contributed by atoms with E-state index in [-0.39, 0.29) is 49.9 Å². The van der Waals surface area contributed by atoms with Gasteiger partial charge in [-0.05, 0) is 36.3 Å². The molecule has 2 amide bonds. The number of carbonyl (C=O) groups excluding carboxylic acids is 1. The van der Waals surface area contributed by atoms with Gasteiger partial charge in [0.15, 0.2) is 5.69 Å². The lowest BCUT2D eigenvalue weighted by Crippen LogP contribution is -2.57. The molecular formula is C31H33N5O5S2. The molecule has 2 aromatic carbocycles. The number of sulfonamides is 1. The van der Waals surface area contributed by atoms with E-state index < -0.39 is 16.1 Å². The number of piperidine rings is 1. The van der Waals surface area contributed by atoms with E-state index in [2.05, 4.69) is 4.98 Å². The van der Waals surface area contributed by atoms with Crippen molar-refractivity contribution < 1.29 is 23.1 Å². The molecule has 10 nitrogen and oxygen atoms in total. The van der Waals surface area contributed by atoms with Gasteiger partial charge >= 0.3 is 6.09 Å². The number of benzene rings is 2. The van der Waals surface area contributed by atoms with Crippen molar-refractivity contribution in [1.82, 2.24) is 23.7 Å².